The quantitative estimate of drug-likeness (QED) is 0.0639. The molecule has 0 heterocycles. The van der Waals surface area contributed by atoms with Crippen LogP contribution in [0.5, 0.6) is 0 Å². The summed E-state index contributed by atoms with van der Waals surface area (Å²) in [7, 11) is -4.36. The Labute approximate surface area is 238 Å². The van der Waals surface area contributed by atoms with Crippen LogP contribution >= 0.6 is 0 Å². The third kappa shape index (κ3) is 27.1. The third-order valence-corrected chi connectivity index (χ3v) is 6.61. The van der Waals surface area contributed by atoms with Crippen molar-refractivity contribution in [2.24, 2.45) is 0 Å². The summed E-state index contributed by atoms with van der Waals surface area (Å²) in [6.07, 6.45) is 36.0. The van der Waals surface area contributed by atoms with Crippen LogP contribution < -0.4 is 5.32 Å². The molecule has 0 bridgehead atoms. The molecule has 2 atom stereocenters. The second kappa shape index (κ2) is 26.0. The molecule has 0 radical (unpaired) electrons. The summed E-state index contributed by atoms with van der Waals surface area (Å²) >= 11 is 0. The number of aliphatic hydroxyl groups is 1. The van der Waals surface area contributed by atoms with Crippen molar-refractivity contribution in [3.8, 4) is 0 Å². The molecule has 3 N–H and O–H groups in total. The molecule has 0 aliphatic carbocycles. The number of rotatable bonds is 24. The van der Waals surface area contributed by atoms with Crippen LogP contribution in [0, 0.1) is 0 Å². The maximum Gasteiger partial charge on any atom is 0.267 e. The monoisotopic (exact) mass is 563 g/mol. The lowest BCUT2D eigenvalue weighted by atomic mass is 10.1. The summed E-state index contributed by atoms with van der Waals surface area (Å²) in [6.45, 7) is 4.28. The fourth-order valence-corrected chi connectivity index (χ4v) is 4.41. The van der Waals surface area contributed by atoms with Gasteiger partial charge in [0.1, 0.15) is 0 Å². The lowest BCUT2D eigenvalue weighted by Gasteiger charge is -2.21. The molecule has 0 aromatic heterocycles. The van der Waals surface area contributed by atoms with Gasteiger partial charge in [-0.2, -0.15) is 8.42 Å². The Morgan fingerprint density at radius 1 is 0.718 bits per heavy atom. The summed E-state index contributed by atoms with van der Waals surface area (Å²) in [5, 5.41) is 13.0. The lowest BCUT2D eigenvalue weighted by molar-refractivity contribution is -0.122. The summed E-state index contributed by atoms with van der Waals surface area (Å²) in [4.78, 5) is 12.3. The average Bonchev–Trinajstić information content (AvgIpc) is 2.88. The SMILES string of the molecule is CC/C=C\C/C=C\C/C=C\CCCCCC(=O)NC(CS(=O)(=O)O)C(O)/C=C/CC/C=C/CC/C=C/CCC. The Balaban J connectivity index is 4.28. The van der Waals surface area contributed by atoms with Gasteiger partial charge in [0.2, 0.25) is 5.91 Å². The van der Waals surface area contributed by atoms with Crippen molar-refractivity contribution >= 4 is 16.0 Å². The number of unbranched alkanes of at least 4 members (excludes halogenated alkanes) is 6. The van der Waals surface area contributed by atoms with E-state index in [0.717, 1.165) is 70.6 Å². The lowest BCUT2D eigenvalue weighted by Crippen LogP contribution is -2.46. The van der Waals surface area contributed by atoms with Crippen LogP contribution in [0.2, 0.25) is 0 Å². The maximum atomic E-state index is 12.3. The normalized spacial score (nSPS) is 14.7. The Bertz CT molecular complexity index is 884. The van der Waals surface area contributed by atoms with Crippen LogP contribution in [-0.4, -0.2) is 41.9 Å². The van der Waals surface area contributed by atoms with Gasteiger partial charge in [-0.25, -0.2) is 0 Å². The number of nitrogens with one attached hydrogen (secondary N) is 1. The second-order valence-corrected chi connectivity index (χ2v) is 11.1. The predicted octanol–water partition coefficient (Wildman–Crippen LogP) is 7.56. The highest BCUT2D eigenvalue weighted by Crippen LogP contribution is 2.07. The van der Waals surface area contributed by atoms with E-state index in [9.17, 15) is 22.9 Å². The van der Waals surface area contributed by atoms with Gasteiger partial charge in [0.25, 0.3) is 10.1 Å². The van der Waals surface area contributed by atoms with Gasteiger partial charge in [-0.15, -0.1) is 0 Å². The number of carbonyl (C=O) groups excluding carboxylic acids is 1. The van der Waals surface area contributed by atoms with Crippen molar-refractivity contribution < 1.29 is 22.9 Å². The number of hydrogen-bond acceptors (Lipinski definition) is 4. The first kappa shape index (κ1) is 36.8. The van der Waals surface area contributed by atoms with Crippen LogP contribution in [-0.2, 0) is 14.9 Å². The van der Waals surface area contributed by atoms with Crippen LogP contribution in [0.4, 0.5) is 0 Å². The van der Waals surface area contributed by atoms with E-state index in [1.165, 1.54) is 6.08 Å². The Hall–Kier alpha value is -2.22. The predicted molar refractivity (Wildman–Crippen MR) is 165 cm³/mol. The minimum atomic E-state index is -4.36. The number of carbonyl (C=O) groups is 1. The molecule has 222 valence electrons. The Morgan fingerprint density at radius 3 is 1.85 bits per heavy atom. The maximum absolute atomic E-state index is 12.3. The molecule has 0 aliphatic heterocycles. The van der Waals surface area contributed by atoms with Crippen LogP contribution in [0.1, 0.15) is 104 Å². The fourth-order valence-electron chi connectivity index (χ4n) is 3.68. The van der Waals surface area contributed by atoms with E-state index in [-0.39, 0.29) is 12.3 Å². The van der Waals surface area contributed by atoms with E-state index in [1.54, 1.807) is 6.08 Å². The summed E-state index contributed by atoms with van der Waals surface area (Å²) in [5.41, 5.74) is 0. The van der Waals surface area contributed by atoms with E-state index >= 15 is 0 Å². The van der Waals surface area contributed by atoms with Crippen molar-refractivity contribution in [2.45, 2.75) is 116 Å². The molecule has 0 spiro atoms. The molecule has 0 saturated carbocycles. The van der Waals surface area contributed by atoms with E-state index in [4.69, 9.17) is 0 Å². The topological polar surface area (TPSA) is 104 Å². The molecule has 6 nitrogen and oxygen atoms in total. The van der Waals surface area contributed by atoms with Gasteiger partial charge in [0, 0.05) is 6.42 Å². The van der Waals surface area contributed by atoms with Crippen LogP contribution in [0.3, 0.4) is 0 Å². The van der Waals surface area contributed by atoms with Gasteiger partial charge >= 0.3 is 0 Å². The molecule has 0 rings (SSSR count). The minimum absolute atomic E-state index is 0.245. The molecular weight excluding hydrogens is 510 g/mol. The standard InChI is InChI=1S/C32H53NO5S/c1-3-5-7-9-11-13-15-16-18-20-22-24-26-28-32(35)33-30(29-39(36,37)38)31(34)27-25-23-21-19-17-14-12-10-8-6-4-2/h5,7-8,10-11,13,16-19,25,27,30-31,34H,3-4,6,9,12,14-15,20-24,26,28-29H2,1-2H3,(H,33,35)(H,36,37,38)/b7-5-,10-8+,13-11-,18-16-,19-17+,27-25+. The summed E-state index contributed by atoms with van der Waals surface area (Å²) < 4.78 is 32.1. The van der Waals surface area contributed by atoms with Gasteiger partial charge < -0.3 is 10.4 Å². The molecule has 0 aliphatic rings. The first-order valence-electron chi connectivity index (χ1n) is 14.6. The van der Waals surface area contributed by atoms with Crippen molar-refractivity contribution in [2.75, 3.05) is 5.75 Å². The van der Waals surface area contributed by atoms with Gasteiger partial charge in [-0.1, -0.05) is 99.6 Å². The number of amides is 1. The largest absolute Gasteiger partial charge is 0.387 e. The van der Waals surface area contributed by atoms with E-state index in [0.29, 0.717) is 12.8 Å². The average molecular weight is 564 g/mol. The van der Waals surface area contributed by atoms with E-state index in [2.05, 4.69) is 79.9 Å². The number of allylic oxidation sites excluding steroid dienone is 11. The zero-order chi connectivity index (χ0) is 29.0. The highest BCUT2D eigenvalue weighted by Gasteiger charge is 2.24. The van der Waals surface area contributed by atoms with Gasteiger partial charge in [0.05, 0.1) is 17.9 Å². The first-order valence-corrected chi connectivity index (χ1v) is 16.2. The molecule has 0 fully saturated rings. The zero-order valence-electron chi connectivity index (χ0n) is 24.2. The van der Waals surface area contributed by atoms with Gasteiger partial charge in [-0.05, 0) is 70.6 Å². The first-order chi connectivity index (χ1) is 18.8. The summed E-state index contributed by atoms with van der Waals surface area (Å²) in [6, 6.07) is -1.09. The molecule has 0 aromatic carbocycles. The minimum Gasteiger partial charge on any atom is -0.387 e. The zero-order valence-corrected chi connectivity index (χ0v) is 25.0. The summed E-state index contributed by atoms with van der Waals surface area (Å²) in [5.74, 6) is -1.06. The smallest absolute Gasteiger partial charge is 0.267 e. The van der Waals surface area contributed by atoms with Crippen LogP contribution in [0.25, 0.3) is 0 Å². The Kier molecular flexibility index (Phi) is 24.5. The van der Waals surface area contributed by atoms with Gasteiger partial charge in [0.15, 0.2) is 0 Å². The van der Waals surface area contributed by atoms with E-state index < -0.39 is 28.0 Å². The second-order valence-electron chi connectivity index (χ2n) is 9.62. The molecule has 0 saturated heterocycles. The van der Waals surface area contributed by atoms with Crippen molar-refractivity contribution in [3.63, 3.8) is 0 Å². The third-order valence-electron chi connectivity index (χ3n) is 5.83. The number of hydrogen-bond donors (Lipinski definition) is 3. The number of aliphatic hydroxyl groups excluding tert-OH is 1. The fraction of sp³-hybridized carbons (Fsp3) is 0.594. The van der Waals surface area contributed by atoms with Crippen molar-refractivity contribution in [1.29, 1.82) is 0 Å². The Morgan fingerprint density at radius 2 is 1.26 bits per heavy atom. The molecule has 7 heteroatoms. The molecule has 0 aromatic rings. The molecular formula is C32H53NO5S. The highest BCUT2D eigenvalue weighted by molar-refractivity contribution is 7.85. The van der Waals surface area contributed by atoms with Gasteiger partial charge in [-0.3, -0.25) is 9.35 Å². The molecule has 39 heavy (non-hydrogen) atoms. The highest BCUT2D eigenvalue weighted by atomic mass is 32.2. The van der Waals surface area contributed by atoms with Crippen molar-refractivity contribution in [3.05, 3.63) is 72.9 Å². The van der Waals surface area contributed by atoms with E-state index in [1.807, 2.05) is 0 Å². The molecule has 2 unspecified atom stereocenters. The van der Waals surface area contributed by atoms with Crippen LogP contribution in [0.15, 0.2) is 72.9 Å². The van der Waals surface area contributed by atoms with Crippen molar-refractivity contribution in [1.82, 2.24) is 5.32 Å². The molecule has 1 amide bonds.